The van der Waals surface area contributed by atoms with Gasteiger partial charge in [0.15, 0.2) is 0 Å². The van der Waals surface area contributed by atoms with Crippen LogP contribution in [0.3, 0.4) is 0 Å². The lowest BCUT2D eigenvalue weighted by Gasteiger charge is -2.24. The Morgan fingerprint density at radius 3 is 1.50 bits per heavy atom. The average Bonchev–Trinajstić information content (AvgIpc) is 3.37. The Labute approximate surface area is 387 Å². The highest BCUT2D eigenvalue weighted by Gasteiger charge is 2.18. The molecule has 2 amide bonds. The first kappa shape index (κ1) is 46.9. The Bertz CT molecular complexity index is 2560. The minimum Gasteiger partial charge on any atom is -0.489 e. The summed E-state index contributed by atoms with van der Waals surface area (Å²) in [4.78, 5) is 48.3. The molecular formula is C51H49ClN4O10. The molecule has 2 aliphatic rings. The monoisotopic (exact) mass is 912 g/mol. The summed E-state index contributed by atoms with van der Waals surface area (Å²) in [5.41, 5.74) is 6.28. The molecule has 0 saturated carbocycles. The van der Waals surface area contributed by atoms with Gasteiger partial charge >= 0.3 is 11.9 Å². The fourth-order valence-electron chi connectivity index (χ4n) is 6.90. The molecule has 6 aromatic rings. The molecule has 2 atom stereocenters. The maximum Gasteiger partial charge on any atom is 0.339 e. The molecule has 2 fully saturated rings. The second kappa shape index (κ2) is 23.2. The first-order chi connectivity index (χ1) is 32.1. The number of hydrogen-bond donors (Lipinski definition) is 4. The van der Waals surface area contributed by atoms with E-state index in [4.69, 9.17) is 35.3 Å². The van der Waals surface area contributed by atoms with Gasteiger partial charge in [-0.15, -0.1) is 0 Å². The minimum absolute atomic E-state index is 0.0302. The van der Waals surface area contributed by atoms with E-state index in [1.165, 1.54) is 26.4 Å². The SMILES string of the molecule is COC(=O)c1ccc(COc2ccc(C(=O)Nc3ccc(C4CNCCO4)cc3)cc2)cc1.COC(=O)c1ccc(Oc2ccc(C(=O)Nc3ccc(C4CNCCO4)cc3)cc2)cc1Cl. The lowest BCUT2D eigenvalue weighted by molar-refractivity contribution is 0.0276. The second-order valence-electron chi connectivity index (χ2n) is 15.0. The van der Waals surface area contributed by atoms with Crippen LogP contribution in [0, 0.1) is 0 Å². The Balaban J connectivity index is 0.000000196. The van der Waals surface area contributed by atoms with Crippen LogP contribution in [-0.4, -0.2) is 77.4 Å². The zero-order chi connectivity index (χ0) is 46.3. The van der Waals surface area contributed by atoms with Crippen molar-refractivity contribution in [1.29, 1.82) is 0 Å². The van der Waals surface area contributed by atoms with Gasteiger partial charge in [-0.3, -0.25) is 9.59 Å². The Hall–Kier alpha value is -7.07. The summed E-state index contributed by atoms with van der Waals surface area (Å²) >= 11 is 6.12. The van der Waals surface area contributed by atoms with Crippen LogP contribution in [0.5, 0.6) is 17.2 Å². The molecule has 0 bridgehead atoms. The lowest BCUT2D eigenvalue weighted by atomic mass is 10.1. The van der Waals surface area contributed by atoms with Gasteiger partial charge in [-0.25, -0.2) is 9.59 Å². The standard InChI is InChI=1S/C26H26N2O5.C25H23ClN2O5/c1-31-26(30)21-4-2-18(3-5-21)17-33-23-12-8-20(9-13-23)25(29)28-22-10-6-19(7-11-22)24-16-27-14-15-32-24;1-31-25(30)21-11-10-20(14-22(21)26)33-19-8-4-17(5-9-19)24(29)28-18-6-2-16(3-7-18)23-15-27-12-13-32-23/h2-13,24,27H,14-17H2,1H3,(H,28,29);2-11,14,23,27H,12-13,15H2,1H3,(H,28,29). The summed E-state index contributed by atoms with van der Waals surface area (Å²) in [6.45, 7) is 5.04. The van der Waals surface area contributed by atoms with Gasteiger partial charge in [0, 0.05) is 54.7 Å². The number of hydrogen-bond acceptors (Lipinski definition) is 12. The number of carbonyl (C=O) groups excluding carboxylic acids is 4. The van der Waals surface area contributed by atoms with Crippen molar-refractivity contribution in [2.75, 3.05) is 64.2 Å². The molecular weight excluding hydrogens is 864 g/mol. The smallest absolute Gasteiger partial charge is 0.339 e. The van der Waals surface area contributed by atoms with Crippen LogP contribution in [0.2, 0.25) is 5.02 Å². The highest BCUT2D eigenvalue weighted by Crippen LogP contribution is 2.28. The molecule has 340 valence electrons. The number of anilines is 2. The number of halogens is 1. The van der Waals surface area contributed by atoms with Gasteiger partial charge in [0.2, 0.25) is 0 Å². The minimum atomic E-state index is -0.518. The molecule has 2 heterocycles. The van der Waals surface area contributed by atoms with Crippen LogP contribution in [0.25, 0.3) is 0 Å². The van der Waals surface area contributed by atoms with Crippen molar-refractivity contribution in [2.45, 2.75) is 18.8 Å². The highest BCUT2D eigenvalue weighted by atomic mass is 35.5. The summed E-state index contributed by atoms with van der Waals surface area (Å²) in [5, 5.41) is 12.6. The van der Waals surface area contributed by atoms with Crippen molar-refractivity contribution >= 4 is 46.7 Å². The quantitative estimate of drug-likeness (QED) is 0.0814. The topological polar surface area (TPSA) is 172 Å². The highest BCUT2D eigenvalue weighted by molar-refractivity contribution is 6.33. The van der Waals surface area contributed by atoms with Crippen LogP contribution in [0.1, 0.15) is 70.3 Å². The largest absolute Gasteiger partial charge is 0.489 e. The third kappa shape index (κ3) is 13.0. The van der Waals surface area contributed by atoms with Crippen molar-refractivity contribution in [3.8, 4) is 17.2 Å². The molecule has 2 unspecified atom stereocenters. The van der Waals surface area contributed by atoms with Gasteiger partial charge in [0.25, 0.3) is 11.8 Å². The van der Waals surface area contributed by atoms with E-state index >= 15 is 0 Å². The van der Waals surface area contributed by atoms with E-state index in [1.807, 2.05) is 60.7 Å². The van der Waals surface area contributed by atoms with Crippen molar-refractivity contribution < 1.29 is 47.6 Å². The van der Waals surface area contributed by atoms with Crippen molar-refractivity contribution in [3.63, 3.8) is 0 Å². The van der Waals surface area contributed by atoms with E-state index in [2.05, 4.69) is 26.0 Å². The molecule has 2 aliphatic heterocycles. The number of ether oxygens (including phenoxy) is 6. The molecule has 4 N–H and O–H groups in total. The fourth-order valence-corrected chi connectivity index (χ4v) is 7.14. The number of esters is 2. The third-order valence-corrected chi connectivity index (χ3v) is 10.8. The van der Waals surface area contributed by atoms with Crippen LogP contribution in [-0.2, 0) is 25.6 Å². The van der Waals surface area contributed by atoms with Crippen LogP contribution >= 0.6 is 11.6 Å². The van der Waals surface area contributed by atoms with Crippen molar-refractivity contribution in [3.05, 3.63) is 183 Å². The van der Waals surface area contributed by atoms with E-state index in [0.29, 0.717) is 59.4 Å². The zero-order valence-electron chi connectivity index (χ0n) is 36.3. The summed E-state index contributed by atoms with van der Waals surface area (Å²) < 4.78 is 32.4. The first-order valence-corrected chi connectivity index (χ1v) is 21.6. The molecule has 0 spiro atoms. The van der Waals surface area contributed by atoms with Crippen LogP contribution < -0.4 is 30.7 Å². The molecule has 14 nitrogen and oxygen atoms in total. The van der Waals surface area contributed by atoms with E-state index in [1.54, 1.807) is 66.7 Å². The van der Waals surface area contributed by atoms with Crippen LogP contribution in [0.15, 0.2) is 140 Å². The summed E-state index contributed by atoms with van der Waals surface area (Å²) in [6, 6.07) is 40.8. The number of amides is 2. The number of methoxy groups -OCH3 is 2. The van der Waals surface area contributed by atoms with Crippen molar-refractivity contribution in [2.24, 2.45) is 0 Å². The number of rotatable bonds is 13. The summed E-state index contributed by atoms with van der Waals surface area (Å²) in [7, 11) is 2.64. The normalized spacial score (nSPS) is 15.5. The molecule has 6 aromatic carbocycles. The molecule has 0 radical (unpaired) electrons. The van der Waals surface area contributed by atoms with Crippen LogP contribution in [0.4, 0.5) is 11.4 Å². The van der Waals surface area contributed by atoms with Crippen molar-refractivity contribution in [1.82, 2.24) is 10.6 Å². The molecule has 15 heteroatoms. The lowest BCUT2D eigenvalue weighted by Crippen LogP contribution is -2.33. The summed E-state index contributed by atoms with van der Waals surface area (Å²) in [6.07, 6.45) is 0.0735. The molecule has 2 saturated heterocycles. The van der Waals surface area contributed by atoms with Gasteiger partial charge in [-0.1, -0.05) is 48.0 Å². The van der Waals surface area contributed by atoms with E-state index in [9.17, 15) is 19.2 Å². The van der Waals surface area contributed by atoms with E-state index in [-0.39, 0.29) is 40.6 Å². The molecule has 0 aromatic heterocycles. The van der Waals surface area contributed by atoms with Gasteiger partial charge < -0.3 is 49.7 Å². The van der Waals surface area contributed by atoms with Gasteiger partial charge in [0.1, 0.15) is 23.9 Å². The maximum absolute atomic E-state index is 12.6. The molecule has 0 aliphatic carbocycles. The number of morpholine rings is 2. The Morgan fingerprint density at radius 1 is 0.576 bits per heavy atom. The predicted molar refractivity (Wildman–Crippen MR) is 250 cm³/mol. The second-order valence-corrected chi connectivity index (χ2v) is 15.4. The summed E-state index contributed by atoms with van der Waals surface area (Å²) in [5.74, 6) is 0.326. The number of nitrogens with one attached hydrogen (secondary N) is 4. The third-order valence-electron chi connectivity index (χ3n) is 10.5. The number of carbonyl (C=O) groups is 4. The van der Waals surface area contributed by atoms with Gasteiger partial charge in [0.05, 0.1) is 55.8 Å². The average molecular weight is 913 g/mol. The van der Waals surface area contributed by atoms with E-state index < -0.39 is 5.97 Å². The molecule has 8 rings (SSSR count). The van der Waals surface area contributed by atoms with Gasteiger partial charge in [-0.2, -0.15) is 0 Å². The molecule has 66 heavy (non-hydrogen) atoms. The number of benzene rings is 6. The predicted octanol–water partition coefficient (Wildman–Crippen LogP) is 8.80. The Kier molecular flexibility index (Phi) is 16.5. The maximum atomic E-state index is 12.6. The van der Waals surface area contributed by atoms with E-state index in [0.717, 1.165) is 48.6 Å². The Morgan fingerprint density at radius 2 is 1.05 bits per heavy atom. The first-order valence-electron chi connectivity index (χ1n) is 21.2. The van der Waals surface area contributed by atoms with Gasteiger partial charge in [-0.05, 0) is 114 Å². The fraction of sp³-hybridized carbons (Fsp3) is 0.216. The zero-order valence-corrected chi connectivity index (χ0v) is 37.1.